The van der Waals surface area contributed by atoms with Crippen LogP contribution in [0, 0.1) is 0 Å². The van der Waals surface area contributed by atoms with Gasteiger partial charge >= 0.3 is 0 Å². The van der Waals surface area contributed by atoms with Crippen LogP contribution in [0.4, 0.5) is 11.5 Å². The Labute approximate surface area is 200 Å². The number of para-hydroxylation sites is 1. The lowest BCUT2D eigenvalue weighted by Crippen LogP contribution is -2.44. The molecule has 0 atom stereocenters. The van der Waals surface area contributed by atoms with Gasteiger partial charge in [-0.2, -0.15) is 0 Å². The lowest BCUT2D eigenvalue weighted by atomic mass is 9.91. The highest BCUT2D eigenvalue weighted by Crippen LogP contribution is 2.29. The van der Waals surface area contributed by atoms with Crippen LogP contribution >= 0.6 is 23.8 Å². The highest BCUT2D eigenvalue weighted by Gasteiger charge is 2.22. The average Bonchev–Trinajstić information content (AvgIpc) is 2.79. The summed E-state index contributed by atoms with van der Waals surface area (Å²) < 4.78 is 0. The van der Waals surface area contributed by atoms with Crippen LogP contribution in [-0.2, 0) is 6.54 Å². The molecule has 1 saturated carbocycles. The second kappa shape index (κ2) is 10.4. The smallest absolute Gasteiger partial charge is 0.166 e. The molecule has 32 heavy (non-hydrogen) atoms. The molecule has 168 valence electrons. The summed E-state index contributed by atoms with van der Waals surface area (Å²) in [4.78, 5) is 6.99. The fourth-order valence-corrected chi connectivity index (χ4v) is 4.69. The number of nitrogens with one attached hydrogen (secondary N) is 3. The summed E-state index contributed by atoms with van der Waals surface area (Å²) in [6, 6.07) is 19.1. The van der Waals surface area contributed by atoms with E-state index in [-0.39, 0.29) is 0 Å². The first-order valence-corrected chi connectivity index (χ1v) is 11.9. The van der Waals surface area contributed by atoms with Gasteiger partial charge in [-0.05, 0) is 55.6 Å². The number of hydrogen-bond donors (Lipinski definition) is 3. The zero-order valence-electron chi connectivity index (χ0n) is 18.6. The Morgan fingerprint density at radius 1 is 1.03 bits per heavy atom. The van der Waals surface area contributed by atoms with E-state index in [9.17, 15) is 0 Å². The second-order valence-corrected chi connectivity index (χ2v) is 9.36. The first-order chi connectivity index (χ1) is 15.5. The fraction of sp³-hybridized carbons (Fsp3) is 0.360. The number of thiocarbonyl (C=S) groups is 1. The maximum absolute atomic E-state index is 6.22. The van der Waals surface area contributed by atoms with Gasteiger partial charge < -0.3 is 20.9 Å². The van der Waals surface area contributed by atoms with Crippen molar-refractivity contribution in [2.45, 2.75) is 44.3 Å². The summed E-state index contributed by atoms with van der Waals surface area (Å²) in [6.07, 6.45) is 4.30. The number of hydrogen-bond acceptors (Lipinski definition) is 4. The standard InChI is InChI=1S/C25H30ClN5S/c1-31(2)23-15-24(30-22-10-6-4-8-20(22)23)28-18-11-13-19(14-12-18)29-25(32)27-16-17-7-3-5-9-21(17)26/h3-10,15,18-19H,11-14,16H2,1-2H3,(H,28,30)(H2,27,29,32). The summed E-state index contributed by atoms with van der Waals surface area (Å²) >= 11 is 11.7. The fourth-order valence-electron chi connectivity index (χ4n) is 4.25. The molecule has 4 rings (SSSR count). The molecule has 0 bridgehead atoms. The molecule has 1 heterocycles. The third kappa shape index (κ3) is 5.61. The predicted octanol–water partition coefficient (Wildman–Crippen LogP) is 5.34. The van der Waals surface area contributed by atoms with Crippen molar-refractivity contribution in [3.63, 3.8) is 0 Å². The van der Waals surface area contributed by atoms with Crippen molar-refractivity contribution in [2.75, 3.05) is 24.3 Å². The Hall–Kier alpha value is -2.57. The minimum atomic E-state index is 0.390. The number of benzene rings is 2. The van der Waals surface area contributed by atoms with Crippen molar-refractivity contribution in [3.8, 4) is 0 Å². The minimum absolute atomic E-state index is 0.390. The zero-order chi connectivity index (χ0) is 22.5. The van der Waals surface area contributed by atoms with Gasteiger partial charge in [-0.25, -0.2) is 4.98 Å². The van der Waals surface area contributed by atoms with Crippen LogP contribution in [0.25, 0.3) is 10.9 Å². The van der Waals surface area contributed by atoms with Crippen LogP contribution in [0.2, 0.25) is 5.02 Å². The van der Waals surface area contributed by atoms with E-state index in [1.165, 1.54) is 11.1 Å². The lowest BCUT2D eigenvalue weighted by molar-refractivity contribution is 0.386. The molecule has 0 aliphatic heterocycles. The molecule has 0 amide bonds. The van der Waals surface area contributed by atoms with Gasteiger partial charge in [0.15, 0.2) is 5.11 Å². The molecule has 0 spiro atoms. The highest BCUT2D eigenvalue weighted by molar-refractivity contribution is 7.80. The third-order valence-corrected chi connectivity index (χ3v) is 6.62. The number of halogens is 1. The van der Waals surface area contributed by atoms with E-state index in [0.717, 1.165) is 47.6 Å². The van der Waals surface area contributed by atoms with Crippen LogP contribution < -0.4 is 20.9 Å². The largest absolute Gasteiger partial charge is 0.377 e. The quantitative estimate of drug-likeness (QED) is 0.425. The third-order valence-electron chi connectivity index (χ3n) is 5.99. The number of nitrogens with zero attached hydrogens (tertiary/aromatic N) is 2. The molecular formula is C25H30ClN5S. The van der Waals surface area contributed by atoms with Gasteiger partial charge in [0, 0.05) is 54.9 Å². The average molecular weight is 468 g/mol. The Kier molecular flexibility index (Phi) is 7.33. The Morgan fingerprint density at radius 3 is 2.47 bits per heavy atom. The maximum Gasteiger partial charge on any atom is 0.166 e. The van der Waals surface area contributed by atoms with Gasteiger partial charge in [-0.3, -0.25) is 0 Å². The van der Waals surface area contributed by atoms with Gasteiger partial charge in [0.1, 0.15) is 5.82 Å². The van der Waals surface area contributed by atoms with Crippen LogP contribution in [-0.4, -0.2) is 36.3 Å². The molecule has 1 aliphatic rings. The molecule has 3 aromatic rings. The van der Waals surface area contributed by atoms with Gasteiger partial charge in [-0.15, -0.1) is 0 Å². The topological polar surface area (TPSA) is 52.2 Å². The van der Waals surface area contributed by atoms with Crippen molar-refractivity contribution in [3.05, 3.63) is 65.2 Å². The van der Waals surface area contributed by atoms with Crippen LogP contribution in [0.1, 0.15) is 31.2 Å². The number of pyridine rings is 1. The highest BCUT2D eigenvalue weighted by atomic mass is 35.5. The normalized spacial score (nSPS) is 18.2. The Balaban J connectivity index is 1.29. The lowest BCUT2D eigenvalue weighted by Gasteiger charge is -2.31. The van der Waals surface area contributed by atoms with Gasteiger partial charge in [0.05, 0.1) is 5.52 Å². The van der Waals surface area contributed by atoms with Crippen molar-refractivity contribution in [1.29, 1.82) is 0 Å². The van der Waals surface area contributed by atoms with E-state index >= 15 is 0 Å². The van der Waals surface area contributed by atoms with E-state index in [2.05, 4.69) is 59.2 Å². The Bertz CT molecular complexity index is 1080. The number of rotatable bonds is 6. The monoisotopic (exact) mass is 467 g/mol. The summed E-state index contributed by atoms with van der Waals surface area (Å²) in [5.74, 6) is 0.945. The molecule has 2 aromatic carbocycles. The molecule has 0 radical (unpaired) electrons. The molecule has 7 heteroatoms. The molecule has 1 aliphatic carbocycles. The maximum atomic E-state index is 6.22. The van der Waals surface area contributed by atoms with Gasteiger partial charge in [0.25, 0.3) is 0 Å². The zero-order valence-corrected chi connectivity index (χ0v) is 20.1. The van der Waals surface area contributed by atoms with Crippen molar-refractivity contribution < 1.29 is 0 Å². The van der Waals surface area contributed by atoms with Crippen LogP contribution in [0.15, 0.2) is 54.6 Å². The molecule has 5 nitrogen and oxygen atoms in total. The molecule has 3 N–H and O–H groups in total. The van der Waals surface area contributed by atoms with E-state index in [1.54, 1.807) is 0 Å². The first-order valence-electron chi connectivity index (χ1n) is 11.1. The van der Waals surface area contributed by atoms with E-state index in [1.807, 2.05) is 30.3 Å². The molecule has 1 aromatic heterocycles. The minimum Gasteiger partial charge on any atom is -0.377 e. The van der Waals surface area contributed by atoms with Gasteiger partial charge in [-0.1, -0.05) is 48.0 Å². The molecule has 0 unspecified atom stereocenters. The van der Waals surface area contributed by atoms with E-state index in [0.29, 0.717) is 23.7 Å². The number of aromatic nitrogens is 1. The van der Waals surface area contributed by atoms with Crippen molar-refractivity contribution >= 4 is 51.3 Å². The van der Waals surface area contributed by atoms with Crippen molar-refractivity contribution in [2.24, 2.45) is 0 Å². The van der Waals surface area contributed by atoms with Gasteiger partial charge in [0.2, 0.25) is 0 Å². The molecule has 1 fully saturated rings. The predicted molar refractivity (Wildman–Crippen MR) is 140 cm³/mol. The van der Waals surface area contributed by atoms with E-state index < -0.39 is 0 Å². The molecular weight excluding hydrogens is 438 g/mol. The SMILES string of the molecule is CN(C)c1cc(NC2CCC(NC(=S)NCc3ccccc3Cl)CC2)nc2ccccc12. The first kappa shape index (κ1) is 22.6. The summed E-state index contributed by atoms with van der Waals surface area (Å²) in [7, 11) is 4.15. The number of anilines is 2. The molecule has 0 saturated heterocycles. The van der Waals surface area contributed by atoms with E-state index in [4.69, 9.17) is 28.8 Å². The number of fused-ring (bicyclic) bond motifs is 1. The summed E-state index contributed by atoms with van der Waals surface area (Å²) in [5, 5.41) is 13.0. The summed E-state index contributed by atoms with van der Waals surface area (Å²) in [5.41, 5.74) is 3.25. The summed E-state index contributed by atoms with van der Waals surface area (Å²) in [6.45, 7) is 0.629. The van der Waals surface area contributed by atoms with Crippen LogP contribution in [0.3, 0.4) is 0 Å². The van der Waals surface area contributed by atoms with Crippen molar-refractivity contribution in [1.82, 2.24) is 15.6 Å². The van der Waals surface area contributed by atoms with Crippen LogP contribution in [0.5, 0.6) is 0 Å². The Morgan fingerprint density at radius 2 is 1.72 bits per heavy atom. The second-order valence-electron chi connectivity index (χ2n) is 8.55.